The molecular weight excluding hydrogens is 372 g/mol. The molecule has 0 radical (unpaired) electrons. The first kappa shape index (κ1) is 16.4. The van der Waals surface area contributed by atoms with Gasteiger partial charge in [0, 0.05) is 16.6 Å². The van der Waals surface area contributed by atoms with Crippen LogP contribution in [0.25, 0.3) is 20.7 Å². The predicted molar refractivity (Wildman–Crippen MR) is 104 cm³/mol. The summed E-state index contributed by atoms with van der Waals surface area (Å²) in [7, 11) is 0. The van der Waals surface area contributed by atoms with Gasteiger partial charge < -0.3 is 5.32 Å². The van der Waals surface area contributed by atoms with Crippen molar-refractivity contribution in [2.75, 3.05) is 5.32 Å². The number of nitro benzene ring substituents is 1. The van der Waals surface area contributed by atoms with Crippen molar-refractivity contribution >= 4 is 50.3 Å². The molecule has 2 aromatic heterocycles. The van der Waals surface area contributed by atoms with Gasteiger partial charge in [-0.05, 0) is 23.8 Å². The third kappa shape index (κ3) is 3.10. The summed E-state index contributed by atoms with van der Waals surface area (Å²) in [6.07, 6.45) is 1.47. The first-order valence-corrected chi connectivity index (χ1v) is 8.82. The summed E-state index contributed by atoms with van der Waals surface area (Å²) < 4.78 is 0. The van der Waals surface area contributed by atoms with Gasteiger partial charge in [-0.1, -0.05) is 41.9 Å². The second-order valence-electron chi connectivity index (χ2n) is 5.47. The number of nitrogens with zero attached hydrogens (tertiary/aromatic N) is 3. The monoisotopic (exact) mass is 382 g/mol. The van der Waals surface area contributed by atoms with Crippen LogP contribution in [0.1, 0.15) is 0 Å². The van der Waals surface area contributed by atoms with Crippen molar-refractivity contribution < 1.29 is 4.92 Å². The minimum Gasteiger partial charge on any atom is -0.339 e. The fourth-order valence-electron chi connectivity index (χ4n) is 2.57. The molecule has 128 valence electrons. The van der Waals surface area contributed by atoms with Crippen LogP contribution in [0.3, 0.4) is 0 Å². The lowest BCUT2D eigenvalue weighted by atomic mass is 10.2. The molecule has 0 atom stereocenters. The van der Waals surface area contributed by atoms with Crippen LogP contribution in [0.2, 0.25) is 5.02 Å². The van der Waals surface area contributed by atoms with Crippen molar-refractivity contribution in [3.63, 3.8) is 0 Å². The summed E-state index contributed by atoms with van der Waals surface area (Å²) in [6, 6.07) is 16.6. The Bertz CT molecular complexity index is 1110. The highest BCUT2D eigenvalue weighted by molar-refractivity contribution is 7.21. The SMILES string of the molecule is O=[N+]([O-])c1cc(Nc2ncnc3sc(-c4ccccc4)cc23)ccc1Cl. The Hall–Kier alpha value is -3.03. The van der Waals surface area contributed by atoms with Gasteiger partial charge in [0.1, 0.15) is 22.0 Å². The number of benzene rings is 2. The van der Waals surface area contributed by atoms with Gasteiger partial charge in [0.25, 0.3) is 5.69 Å². The number of thiophene rings is 1. The minimum atomic E-state index is -0.513. The molecule has 4 rings (SSSR count). The van der Waals surface area contributed by atoms with Gasteiger partial charge in [-0.25, -0.2) is 9.97 Å². The molecule has 4 aromatic rings. The maximum Gasteiger partial charge on any atom is 0.289 e. The van der Waals surface area contributed by atoms with Crippen LogP contribution in [-0.2, 0) is 0 Å². The van der Waals surface area contributed by atoms with E-state index in [1.54, 1.807) is 17.4 Å². The van der Waals surface area contributed by atoms with E-state index < -0.39 is 4.92 Å². The molecule has 0 amide bonds. The number of aromatic nitrogens is 2. The quantitative estimate of drug-likeness (QED) is 0.363. The van der Waals surface area contributed by atoms with Crippen LogP contribution in [0, 0.1) is 10.1 Å². The summed E-state index contributed by atoms with van der Waals surface area (Å²) in [4.78, 5) is 21.1. The first-order chi connectivity index (χ1) is 12.6. The van der Waals surface area contributed by atoms with Crippen molar-refractivity contribution in [1.82, 2.24) is 9.97 Å². The highest BCUT2D eigenvalue weighted by Gasteiger charge is 2.15. The maximum absolute atomic E-state index is 11.1. The zero-order valence-corrected chi connectivity index (χ0v) is 14.8. The van der Waals surface area contributed by atoms with Crippen LogP contribution in [0.15, 0.2) is 60.9 Å². The number of fused-ring (bicyclic) bond motifs is 1. The Balaban J connectivity index is 1.74. The van der Waals surface area contributed by atoms with Crippen molar-refractivity contribution in [2.45, 2.75) is 0 Å². The third-order valence-corrected chi connectivity index (χ3v) is 5.21. The molecule has 2 aromatic carbocycles. The average molecular weight is 383 g/mol. The Morgan fingerprint density at radius 2 is 1.88 bits per heavy atom. The Morgan fingerprint density at radius 3 is 2.65 bits per heavy atom. The molecule has 1 N–H and O–H groups in total. The zero-order valence-electron chi connectivity index (χ0n) is 13.2. The molecule has 0 fully saturated rings. The van der Waals surface area contributed by atoms with Crippen LogP contribution < -0.4 is 5.32 Å². The second kappa shape index (κ2) is 6.70. The molecule has 8 heteroatoms. The van der Waals surface area contributed by atoms with Crippen molar-refractivity contribution in [2.24, 2.45) is 0 Å². The van der Waals surface area contributed by atoms with E-state index in [4.69, 9.17) is 11.6 Å². The molecule has 26 heavy (non-hydrogen) atoms. The lowest BCUT2D eigenvalue weighted by Gasteiger charge is -2.06. The van der Waals surface area contributed by atoms with E-state index in [1.165, 1.54) is 18.5 Å². The Morgan fingerprint density at radius 1 is 1.08 bits per heavy atom. The molecule has 0 spiro atoms. The van der Waals surface area contributed by atoms with E-state index in [2.05, 4.69) is 15.3 Å². The summed E-state index contributed by atoms with van der Waals surface area (Å²) in [6.45, 7) is 0. The molecule has 0 aliphatic carbocycles. The van der Waals surface area contributed by atoms with Crippen molar-refractivity contribution in [3.05, 3.63) is 76.1 Å². The zero-order chi connectivity index (χ0) is 18.1. The van der Waals surface area contributed by atoms with Crippen LogP contribution in [0.5, 0.6) is 0 Å². The number of halogens is 1. The van der Waals surface area contributed by atoms with Crippen molar-refractivity contribution in [1.29, 1.82) is 0 Å². The highest BCUT2D eigenvalue weighted by Crippen LogP contribution is 2.36. The maximum atomic E-state index is 11.1. The fraction of sp³-hybridized carbons (Fsp3) is 0. The lowest BCUT2D eigenvalue weighted by molar-refractivity contribution is -0.384. The van der Waals surface area contributed by atoms with Gasteiger partial charge in [-0.15, -0.1) is 11.3 Å². The summed E-state index contributed by atoms with van der Waals surface area (Å²) in [5, 5.41) is 15.1. The van der Waals surface area contributed by atoms with Gasteiger partial charge in [-0.2, -0.15) is 0 Å². The van der Waals surface area contributed by atoms with Gasteiger partial charge in [0.05, 0.1) is 10.3 Å². The van der Waals surface area contributed by atoms with Gasteiger partial charge >= 0.3 is 0 Å². The second-order valence-corrected chi connectivity index (χ2v) is 6.90. The minimum absolute atomic E-state index is 0.0929. The van der Waals surface area contributed by atoms with E-state index in [0.717, 1.165) is 20.7 Å². The van der Waals surface area contributed by atoms with Crippen LogP contribution >= 0.6 is 22.9 Å². The summed E-state index contributed by atoms with van der Waals surface area (Å²) in [5.74, 6) is 0.588. The molecule has 2 heterocycles. The molecular formula is C18H11ClN4O2S. The number of nitro groups is 1. The van der Waals surface area contributed by atoms with E-state index in [0.29, 0.717) is 11.5 Å². The summed E-state index contributed by atoms with van der Waals surface area (Å²) in [5.41, 5.74) is 1.48. The van der Waals surface area contributed by atoms with E-state index in [-0.39, 0.29) is 10.7 Å². The lowest BCUT2D eigenvalue weighted by Crippen LogP contribution is -1.96. The van der Waals surface area contributed by atoms with Crippen molar-refractivity contribution in [3.8, 4) is 10.4 Å². The molecule has 0 aliphatic heterocycles. The topological polar surface area (TPSA) is 81.0 Å². The fourth-order valence-corrected chi connectivity index (χ4v) is 3.76. The van der Waals surface area contributed by atoms with Gasteiger partial charge in [0.2, 0.25) is 0 Å². The van der Waals surface area contributed by atoms with Gasteiger partial charge in [0.15, 0.2) is 0 Å². The third-order valence-electron chi connectivity index (χ3n) is 3.79. The van der Waals surface area contributed by atoms with Crippen LogP contribution in [0.4, 0.5) is 17.2 Å². The van der Waals surface area contributed by atoms with E-state index in [1.807, 2.05) is 36.4 Å². The predicted octanol–water partition coefficient (Wildman–Crippen LogP) is 5.66. The van der Waals surface area contributed by atoms with Gasteiger partial charge in [-0.3, -0.25) is 10.1 Å². The first-order valence-electron chi connectivity index (χ1n) is 7.63. The molecule has 6 nitrogen and oxygen atoms in total. The number of hydrogen-bond acceptors (Lipinski definition) is 6. The molecule has 0 saturated carbocycles. The normalized spacial score (nSPS) is 10.8. The molecule has 0 aliphatic rings. The Labute approximate surface area is 157 Å². The smallest absolute Gasteiger partial charge is 0.289 e. The number of rotatable bonds is 4. The van der Waals surface area contributed by atoms with E-state index >= 15 is 0 Å². The molecule has 0 unspecified atom stereocenters. The number of anilines is 2. The molecule has 0 bridgehead atoms. The standard InChI is InChI=1S/C18H11ClN4O2S/c19-14-7-6-12(8-15(14)23(24)25)22-17-13-9-16(11-4-2-1-3-5-11)26-18(13)21-10-20-17/h1-10H,(H,20,21,22). The largest absolute Gasteiger partial charge is 0.339 e. The number of nitrogens with one attached hydrogen (secondary N) is 1. The highest BCUT2D eigenvalue weighted by atomic mass is 35.5. The van der Waals surface area contributed by atoms with E-state index in [9.17, 15) is 10.1 Å². The molecule has 0 saturated heterocycles. The van der Waals surface area contributed by atoms with Crippen LogP contribution in [-0.4, -0.2) is 14.9 Å². The number of hydrogen-bond donors (Lipinski definition) is 1. The Kier molecular flexibility index (Phi) is 4.24. The average Bonchev–Trinajstić information content (AvgIpc) is 3.09. The summed E-state index contributed by atoms with van der Waals surface area (Å²) >= 11 is 7.43.